The first-order chi connectivity index (χ1) is 7.81. The summed E-state index contributed by atoms with van der Waals surface area (Å²) in [6, 6.07) is 10.0. The first-order valence-corrected chi connectivity index (χ1v) is 5.88. The molecule has 1 fully saturated rings. The van der Waals surface area contributed by atoms with Gasteiger partial charge >= 0.3 is 6.09 Å². The van der Waals surface area contributed by atoms with Crippen molar-refractivity contribution in [2.24, 2.45) is 0 Å². The van der Waals surface area contributed by atoms with Gasteiger partial charge in [0.05, 0.1) is 6.04 Å². The summed E-state index contributed by atoms with van der Waals surface area (Å²) in [6.07, 6.45) is 0.541. The Kier molecular flexibility index (Phi) is 3.67. The number of ether oxygens (including phenoxy) is 1. The van der Waals surface area contributed by atoms with Crippen LogP contribution in [0.1, 0.15) is 12.0 Å². The second-order valence-electron chi connectivity index (χ2n) is 3.82. The van der Waals surface area contributed by atoms with Gasteiger partial charge in [-0.2, -0.15) is 0 Å². The van der Waals surface area contributed by atoms with Crippen LogP contribution >= 0.6 is 11.6 Å². The fourth-order valence-corrected chi connectivity index (χ4v) is 2.08. The Bertz CT molecular complexity index is 355. The van der Waals surface area contributed by atoms with Crippen LogP contribution in [0.15, 0.2) is 30.3 Å². The van der Waals surface area contributed by atoms with Gasteiger partial charge in [0.25, 0.3) is 0 Å². The molecule has 1 unspecified atom stereocenters. The van der Waals surface area contributed by atoms with Crippen molar-refractivity contribution in [3.8, 4) is 0 Å². The molecule has 86 valence electrons. The Hall–Kier alpha value is -1.22. The molecule has 0 bridgehead atoms. The normalized spacial score (nSPS) is 19.9. The Morgan fingerprint density at radius 2 is 2.12 bits per heavy atom. The van der Waals surface area contributed by atoms with Gasteiger partial charge in [-0.15, -0.1) is 11.6 Å². The number of halogens is 1. The van der Waals surface area contributed by atoms with E-state index in [1.807, 2.05) is 30.3 Å². The zero-order chi connectivity index (χ0) is 11.4. The third kappa shape index (κ3) is 2.47. The number of rotatable bonds is 4. The van der Waals surface area contributed by atoms with Crippen molar-refractivity contribution < 1.29 is 9.53 Å². The van der Waals surface area contributed by atoms with Gasteiger partial charge < -0.3 is 4.74 Å². The minimum atomic E-state index is -0.237. The third-order valence-electron chi connectivity index (χ3n) is 2.71. The number of alkyl halides is 1. The first-order valence-electron chi connectivity index (χ1n) is 5.34. The molecular weight excluding hydrogens is 226 g/mol. The minimum absolute atomic E-state index is 0.116. The largest absolute Gasteiger partial charge is 0.447 e. The zero-order valence-corrected chi connectivity index (χ0v) is 9.69. The van der Waals surface area contributed by atoms with Crippen LogP contribution in [0.3, 0.4) is 0 Å². The SMILES string of the molecule is O=C1OCC(CCCl)N1Cc1ccccc1. The van der Waals surface area contributed by atoms with E-state index in [0.717, 1.165) is 12.0 Å². The lowest BCUT2D eigenvalue weighted by Gasteiger charge is -2.20. The number of cyclic esters (lactones) is 1. The van der Waals surface area contributed by atoms with Crippen molar-refractivity contribution in [2.45, 2.75) is 19.0 Å². The van der Waals surface area contributed by atoms with Crippen LogP contribution in [0.4, 0.5) is 4.79 Å². The highest BCUT2D eigenvalue weighted by Gasteiger charge is 2.32. The lowest BCUT2D eigenvalue weighted by Crippen LogP contribution is -2.33. The van der Waals surface area contributed by atoms with Crippen LogP contribution in [-0.2, 0) is 11.3 Å². The molecule has 1 aliphatic heterocycles. The van der Waals surface area contributed by atoms with Crippen LogP contribution in [0.25, 0.3) is 0 Å². The molecule has 3 nitrogen and oxygen atoms in total. The molecule has 0 aliphatic carbocycles. The average Bonchev–Trinajstić information content (AvgIpc) is 2.64. The van der Waals surface area contributed by atoms with Gasteiger partial charge in [-0.1, -0.05) is 30.3 Å². The molecule has 1 aromatic rings. The minimum Gasteiger partial charge on any atom is -0.447 e. The highest BCUT2D eigenvalue weighted by atomic mass is 35.5. The van der Waals surface area contributed by atoms with Crippen molar-refractivity contribution in [3.05, 3.63) is 35.9 Å². The molecule has 4 heteroatoms. The zero-order valence-electron chi connectivity index (χ0n) is 8.93. The van der Waals surface area contributed by atoms with E-state index in [1.165, 1.54) is 0 Å². The standard InChI is InChI=1S/C12H14ClNO2/c13-7-6-11-9-16-12(15)14(11)8-10-4-2-1-3-5-10/h1-5,11H,6-9H2. The molecule has 2 rings (SSSR count). The summed E-state index contributed by atoms with van der Waals surface area (Å²) in [4.78, 5) is 13.3. The Balaban J connectivity index is 2.04. The molecule has 1 amide bonds. The summed E-state index contributed by atoms with van der Waals surface area (Å²) in [5.74, 6) is 0.548. The maximum absolute atomic E-state index is 11.5. The maximum Gasteiger partial charge on any atom is 0.410 e. The lowest BCUT2D eigenvalue weighted by molar-refractivity contribution is 0.156. The number of hydrogen-bond donors (Lipinski definition) is 0. The molecule has 1 atom stereocenters. The van der Waals surface area contributed by atoms with Crippen molar-refractivity contribution in [2.75, 3.05) is 12.5 Å². The van der Waals surface area contributed by atoms with E-state index < -0.39 is 0 Å². The van der Waals surface area contributed by atoms with Crippen molar-refractivity contribution >= 4 is 17.7 Å². The van der Waals surface area contributed by atoms with Crippen molar-refractivity contribution in [1.82, 2.24) is 4.90 Å². The summed E-state index contributed by atoms with van der Waals surface area (Å²) in [5, 5.41) is 0. The Morgan fingerprint density at radius 1 is 1.38 bits per heavy atom. The van der Waals surface area contributed by atoms with Crippen molar-refractivity contribution in [3.63, 3.8) is 0 Å². The van der Waals surface area contributed by atoms with Gasteiger partial charge in [-0.25, -0.2) is 4.79 Å². The number of amides is 1. The first kappa shape index (κ1) is 11.3. The molecule has 1 aromatic carbocycles. The Morgan fingerprint density at radius 3 is 2.81 bits per heavy atom. The molecule has 1 heterocycles. The Labute approximate surface area is 100.0 Å². The van der Waals surface area contributed by atoms with E-state index in [0.29, 0.717) is 19.0 Å². The summed E-state index contributed by atoms with van der Waals surface area (Å²) in [5.41, 5.74) is 1.11. The van der Waals surface area contributed by atoms with Crippen LogP contribution in [0, 0.1) is 0 Å². The summed E-state index contributed by atoms with van der Waals surface area (Å²) in [6.45, 7) is 1.06. The predicted molar refractivity (Wildman–Crippen MR) is 62.5 cm³/mol. The van der Waals surface area contributed by atoms with E-state index in [1.54, 1.807) is 4.90 Å². The summed E-state index contributed by atoms with van der Waals surface area (Å²) >= 11 is 5.70. The maximum atomic E-state index is 11.5. The highest BCUT2D eigenvalue weighted by molar-refractivity contribution is 6.17. The number of nitrogens with zero attached hydrogens (tertiary/aromatic N) is 1. The number of carbonyl (C=O) groups excluding carboxylic acids is 1. The second-order valence-corrected chi connectivity index (χ2v) is 4.20. The molecule has 16 heavy (non-hydrogen) atoms. The van der Waals surface area contributed by atoms with E-state index in [9.17, 15) is 4.79 Å². The second kappa shape index (κ2) is 5.21. The lowest BCUT2D eigenvalue weighted by atomic mass is 10.1. The van der Waals surface area contributed by atoms with Gasteiger partial charge in [0.15, 0.2) is 0 Å². The number of benzene rings is 1. The van der Waals surface area contributed by atoms with E-state index in [2.05, 4.69) is 0 Å². The predicted octanol–water partition coefficient (Wildman–Crippen LogP) is 2.64. The fraction of sp³-hybridized carbons (Fsp3) is 0.417. The van der Waals surface area contributed by atoms with Gasteiger partial charge in [-0.3, -0.25) is 4.90 Å². The molecule has 0 saturated carbocycles. The van der Waals surface area contributed by atoms with Gasteiger partial charge in [-0.05, 0) is 12.0 Å². The van der Waals surface area contributed by atoms with E-state index in [-0.39, 0.29) is 12.1 Å². The molecule has 0 N–H and O–H groups in total. The summed E-state index contributed by atoms with van der Waals surface area (Å²) < 4.78 is 5.03. The van der Waals surface area contributed by atoms with Gasteiger partial charge in [0.2, 0.25) is 0 Å². The molecular formula is C12H14ClNO2. The molecule has 0 spiro atoms. The average molecular weight is 240 g/mol. The molecule has 0 radical (unpaired) electrons. The highest BCUT2D eigenvalue weighted by Crippen LogP contribution is 2.19. The van der Waals surface area contributed by atoms with E-state index in [4.69, 9.17) is 16.3 Å². The monoisotopic (exact) mass is 239 g/mol. The molecule has 0 aromatic heterocycles. The van der Waals surface area contributed by atoms with Gasteiger partial charge in [0.1, 0.15) is 6.61 Å². The smallest absolute Gasteiger partial charge is 0.410 e. The van der Waals surface area contributed by atoms with Crippen LogP contribution < -0.4 is 0 Å². The van der Waals surface area contributed by atoms with Crippen LogP contribution in [0.2, 0.25) is 0 Å². The quantitative estimate of drug-likeness (QED) is 0.756. The van der Waals surface area contributed by atoms with Crippen molar-refractivity contribution in [1.29, 1.82) is 0 Å². The fourth-order valence-electron chi connectivity index (χ4n) is 1.83. The van der Waals surface area contributed by atoms with Crippen LogP contribution in [-0.4, -0.2) is 29.5 Å². The summed E-state index contributed by atoms with van der Waals surface area (Å²) in [7, 11) is 0. The number of carbonyl (C=O) groups is 1. The molecule has 1 aliphatic rings. The van der Waals surface area contributed by atoms with E-state index >= 15 is 0 Å². The third-order valence-corrected chi connectivity index (χ3v) is 2.93. The topological polar surface area (TPSA) is 29.5 Å². The van der Waals surface area contributed by atoms with Gasteiger partial charge in [0, 0.05) is 12.4 Å². The number of hydrogen-bond acceptors (Lipinski definition) is 2. The van der Waals surface area contributed by atoms with Crippen LogP contribution in [0.5, 0.6) is 0 Å². The molecule has 1 saturated heterocycles.